The minimum Gasteiger partial charge on any atom is -0.494 e. The zero-order valence-corrected chi connectivity index (χ0v) is 17.8. The Bertz CT molecular complexity index is 1280. The number of hydrogen-bond acceptors (Lipinski definition) is 7. The van der Waals surface area contributed by atoms with Crippen LogP contribution in [-0.4, -0.2) is 27.9 Å². The third-order valence-corrected chi connectivity index (χ3v) is 5.89. The first-order valence-corrected chi connectivity index (χ1v) is 10.3. The number of halogens is 1. The molecule has 0 fully saturated rings. The first-order chi connectivity index (χ1) is 15.0. The molecule has 0 unspecified atom stereocenters. The number of rotatable bonds is 6. The predicted octanol–water partition coefficient (Wildman–Crippen LogP) is 5.11. The lowest BCUT2D eigenvalue weighted by Gasteiger charge is -2.20. The van der Waals surface area contributed by atoms with E-state index in [1.807, 2.05) is 18.2 Å². The van der Waals surface area contributed by atoms with Gasteiger partial charge in [-0.25, -0.2) is 4.98 Å². The average Bonchev–Trinajstić information content (AvgIpc) is 3.22. The second-order valence-corrected chi connectivity index (χ2v) is 7.89. The average molecular weight is 455 g/mol. The fourth-order valence-electron chi connectivity index (χ4n) is 3.03. The molecular formula is C21H15ClN4O4S. The molecule has 4 rings (SSSR count). The van der Waals surface area contributed by atoms with Crippen LogP contribution in [0.4, 0.5) is 10.8 Å². The number of para-hydroxylation sites is 1. The van der Waals surface area contributed by atoms with Gasteiger partial charge in [-0.15, -0.1) is 0 Å². The molecule has 0 saturated heterocycles. The topological polar surface area (TPSA) is 98.5 Å². The molecule has 0 aliphatic heterocycles. The normalized spacial score (nSPS) is 10.8. The molecule has 4 aromatic rings. The molecule has 156 valence electrons. The number of hydrogen-bond donors (Lipinski definition) is 0. The molecule has 10 heteroatoms. The van der Waals surface area contributed by atoms with Crippen molar-refractivity contribution in [3.05, 3.63) is 87.2 Å². The summed E-state index contributed by atoms with van der Waals surface area (Å²) in [7, 11) is 1.55. The number of benzene rings is 2. The largest absolute Gasteiger partial charge is 0.494 e. The second-order valence-electron chi connectivity index (χ2n) is 6.48. The number of carbonyl (C=O) groups excluding carboxylic acids is 1. The molecule has 0 spiro atoms. The van der Waals surface area contributed by atoms with E-state index in [2.05, 4.69) is 9.97 Å². The van der Waals surface area contributed by atoms with Gasteiger partial charge in [0.25, 0.3) is 11.6 Å². The first kappa shape index (κ1) is 20.7. The Kier molecular flexibility index (Phi) is 5.79. The fraction of sp³-hybridized carbons (Fsp3) is 0.0952. The summed E-state index contributed by atoms with van der Waals surface area (Å²) in [5.41, 5.74) is 1.19. The van der Waals surface area contributed by atoms with Crippen LogP contribution in [0.1, 0.15) is 15.9 Å². The van der Waals surface area contributed by atoms with E-state index < -0.39 is 10.8 Å². The van der Waals surface area contributed by atoms with Crippen LogP contribution in [0, 0.1) is 10.1 Å². The standard InChI is InChI=1S/C21H15ClN4O4S/c1-30-17-5-2-6-18-19(17)24-21(31-18)25(12-13-4-3-9-23-11-13)20(27)15-10-14(26(28)29)7-8-16(15)22/h2-11H,12H2,1H3. The molecule has 2 aromatic carbocycles. The van der Waals surface area contributed by atoms with Gasteiger partial charge in [-0.05, 0) is 29.8 Å². The predicted molar refractivity (Wildman–Crippen MR) is 119 cm³/mol. The number of methoxy groups -OCH3 is 1. The molecule has 0 aliphatic rings. The molecule has 8 nitrogen and oxygen atoms in total. The summed E-state index contributed by atoms with van der Waals surface area (Å²) in [6.07, 6.45) is 3.28. The zero-order chi connectivity index (χ0) is 22.0. The van der Waals surface area contributed by atoms with Gasteiger partial charge in [-0.1, -0.05) is 35.1 Å². The third-order valence-electron chi connectivity index (χ3n) is 4.52. The van der Waals surface area contributed by atoms with Crippen LogP contribution in [-0.2, 0) is 6.54 Å². The summed E-state index contributed by atoms with van der Waals surface area (Å²) in [6.45, 7) is 0.161. The Morgan fingerprint density at radius 2 is 2.10 bits per heavy atom. The third kappa shape index (κ3) is 4.18. The van der Waals surface area contributed by atoms with Gasteiger partial charge in [0, 0.05) is 24.5 Å². The van der Waals surface area contributed by atoms with Crippen molar-refractivity contribution in [1.29, 1.82) is 0 Å². The second kappa shape index (κ2) is 8.66. The van der Waals surface area contributed by atoms with Crippen LogP contribution in [0.5, 0.6) is 5.75 Å². The molecule has 2 aromatic heterocycles. The Labute approximate surface area is 185 Å². The molecule has 2 heterocycles. The van der Waals surface area contributed by atoms with Gasteiger partial charge >= 0.3 is 0 Å². The lowest BCUT2D eigenvalue weighted by Crippen LogP contribution is -2.30. The summed E-state index contributed by atoms with van der Waals surface area (Å²) in [4.78, 5) is 34.3. The van der Waals surface area contributed by atoms with E-state index in [1.165, 1.54) is 34.4 Å². The number of fused-ring (bicyclic) bond motifs is 1. The van der Waals surface area contributed by atoms with Crippen molar-refractivity contribution in [2.45, 2.75) is 6.54 Å². The van der Waals surface area contributed by atoms with Gasteiger partial charge in [-0.2, -0.15) is 0 Å². The number of pyridine rings is 1. The molecule has 1 amide bonds. The highest BCUT2D eigenvalue weighted by Crippen LogP contribution is 2.36. The van der Waals surface area contributed by atoms with E-state index >= 15 is 0 Å². The van der Waals surface area contributed by atoms with Crippen LogP contribution >= 0.6 is 22.9 Å². The smallest absolute Gasteiger partial charge is 0.270 e. The van der Waals surface area contributed by atoms with E-state index in [0.29, 0.717) is 16.4 Å². The number of ether oxygens (including phenoxy) is 1. The fourth-order valence-corrected chi connectivity index (χ4v) is 4.21. The van der Waals surface area contributed by atoms with E-state index in [4.69, 9.17) is 16.3 Å². The van der Waals surface area contributed by atoms with Gasteiger partial charge in [0.1, 0.15) is 11.3 Å². The molecule has 0 saturated carbocycles. The van der Waals surface area contributed by atoms with Crippen molar-refractivity contribution in [2.75, 3.05) is 12.0 Å². The first-order valence-electron chi connectivity index (χ1n) is 9.06. The summed E-state index contributed by atoms with van der Waals surface area (Å²) in [6, 6.07) is 12.9. The lowest BCUT2D eigenvalue weighted by molar-refractivity contribution is -0.384. The molecule has 31 heavy (non-hydrogen) atoms. The summed E-state index contributed by atoms with van der Waals surface area (Å²) < 4.78 is 6.22. The number of non-ortho nitro benzene ring substituents is 1. The molecule has 0 radical (unpaired) electrons. The minimum absolute atomic E-state index is 0.0194. The van der Waals surface area contributed by atoms with Crippen molar-refractivity contribution < 1.29 is 14.5 Å². The quantitative estimate of drug-likeness (QED) is 0.296. The van der Waals surface area contributed by atoms with Crippen LogP contribution in [0.25, 0.3) is 10.2 Å². The number of anilines is 1. The van der Waals surface area contributed by atoms with Gasteiger partial charge < -0.3 is 4.74 Å². The number of nitrogens with zero attached hydrogens (tertiary/aromatic N) is 4. The van der Waals surface area contributed by atoms with Crippen LogP contribution in [0.2, 0.25) is 5.02 Å². The van der Waals surface area contributed by atoms with Crippen molar-refractivity contribution >= 4 is 49.9 Å². The molecule has 0 N–H and O–H groups in total. The number of amides is 1. The monoisotopic (exact) mass is 454 g/mol. The van der Waals surface area contributed by atoms with Gasteiger partial charge in [0.15, 0.2) is 5.13 Å². The lowest BCUT2D eigenvalue weighted by atomic mass is 10.1. The van der Waals surface area contributed by atoms with Crippen molar-refractivity contribution in [3.8, 4) is 5.75 Å². The Morgan fingerprint density at radius 3 is 2.81 bits per heavy atom. The minimum atomic E-state index is -0.568. The highest BCUT2D eigenvalue weighted by molar-refractivity contribution is 7.22. The number of aromatic nitrogens is 2. The van der Waals surface area contributed by atoms with Crippen LogP contribution in [0.15, 0.2) is 60.9 Å². The van der Waals surface area contributed by atoms with E-state index in [-0.39, 0.29) is 22.8 Å². The van der Waals surface area contributed by atoms with Gasteiger partial charge in [-0.3, -0.25) is 24.8 Å². The number of thiazole rings is 1. The highest BCUT2D eigenvalue weighted by Gasteiger charge is 2.26. The Hall–Kier alpha value is -3.56. The van der Waals surface area contributed by atoms with Crippen molar-refractivity contribution in [2.24, 2.45) is 0 Å². The molecule has 0 aliphatic carbocycles. The Balaban J connectivity index is 1.83. The highest BCUT2D eigenvalue weighted by atomic mass is 35.5. The molecule has 0 atom stereocenters. The SMILES string of the molecule is COc1cccc2sc(N(Cc3cccnc3)C(=O)c3cc([N+](=O)[O-])ccc3Cl)nc12. The number of nitro benzene ring substituents is 1. The summed E-state index contributed by atoms with van der Waals surface area (Å²) in [5.74, 6) is 0.0812. The number of carbonyl (C=O) groups is 1. The summed E-state index contributed by atoms with van der Waals surface area (Å²) >= 11 is 7.55. The van der Waals surface area contributed by atoms with E-state index in [1.54, 1.807) is 31.6 Å². The summed E-state index contributed by atoms with van der Waals surface area (Å²) in [5, 5.41) is 11.7. The van der Waals surface area contributed by atoms with E-state index in [0.717, 1.165) is 10.3 Å². The van der Waals surface area contributed by atoms with Crippen molar-refractivity contribution in [1.82, 2.24) is 9.97 Å². The van der Waals surface area contributed by atoms with E-state index in [9.17, 15) is 14.9 Å². The molecule has 0 bridgehead atoms. The maximum atomic E-state index is 13.5. The van der Waals surface area contributed by atoms with Crippen molar-refractivity contribution in [3.63, 3.8) is 0 Å². The number of nitro groups is 1. The maximum absolute atomic E-state index is 13.5. The Morgan fingerprint density at radius 1 is 1.26 bits per heavy atom. The zero-order valence-electron chi connectivity index (χ0n) is 16.2. The van der Waals surface area contributed by atoms with Crippen LogP contribution < -0.4 is 9.64 Å². The maximum Gasteiger partial charge on any atom is 0.270 e. The van der Waals surface area contributed by atoms with Crippen LogP contribution in [0.3, 0.4) is 0 Å². The molecular weight excluding hydrogens is 440 g/mol. The van der Waals surface area contributed by atoms with Gasteiger partial charge in [0.2, 0.25) is 0 Å². The van der Waals surface area contributed by atoms with Gasteiger partial charge in [0.05, 0.1) is 33.9 Å².